The maximum absolute atomic E-state index is 12.4. The highest BCUT2D eigenvalue weighted by Crippen LogP contribution is 2.23. The third kappa shape index (κ3) is 5.22. The summed E-state index contributed by atoms with van der Waals surface area (Å²) in [7, 11) is 0. The summed E-state index contributed by atoms with van der Waals surface area (Å²) in [5.41, 5.74) is 0. The smallest absolute Gasteiger partial charge is 0.242 e. The van der Waals surface area contributed by atoms with Crippen molar-refractivity contribution in [3.05, 3.63) is 23.4 Å². The Labute approximate surface area is 174 Å². The Morgan fingerprint density at radius 3 is 2.69 bits per heavy atom. The van der Waals surface area contributed by atoms with Gasteiger partial charge in [-0.05, 0) is 24.3 Å². The van der Waals surface area contributed by atoms with E-state index in [1.54, 1.807) is 11.3 Å². The molecule has 2 fully saturated rings. The molecule has 1 saturated carbocycles. The predicted octanol–water partition coefficient (Wildman–Crippen LogP) is 2.14. The van der Waals surface area contributed by atoms with Crippen molar-refractivity contribution in [2.45, 2.75) is 38.6 Å². The highest BCUT2D eigenvalue weighted by Gasteiger charge is 2.25. The molecule has 0 radical (unpaired) electrons. The van der Waals surface area contributed by atoms with Crippen molar-refractivity contribution in [1.29, 1.82) is 0 Å². The number of piperazine rings is 1. The van der Waals surface area contributed by atoms with E-state index in [1.165, 1.54) is 6.42 Å². The first-order chi connectivity index (χ1) is 14.2. The number of aromatic nitrogens is 2. The minimum Gasteiger partial charge on any atom is -0.347 e. The Bertz CT molecular complexity index is 808. The van der Waals surface area contributed by atoms with Crippen LogP contribution in [0.1, 0.15) is 38.0 Å². The van der Waals surface area contributed by atoms with Crippen LogP contribution in [0.3, 0.4) is 0 Å². The third-order valence-corrected chi connectivity index (χ3v) is 6.55. The van der Waals surface area contributed by atoms with Crippen molar-refractivity contribution in [2.24, 2.45) is 5.92 Å². The highest BCUT2D eigenvalue weighted by atomic mass is 32.1. The monoisotopic (exact) mass is 417 g/mol. The summed E-state index contributed by atoms with van der Waals surface area (Å²) in [5, 5.41) is 8.87. The van der Waals surface area contributed by atoms with E-state index in [9.17, 15) is 9.59 Å². The molecule has 1 N–H and O–H groups in total. The van der Waals surface area contributed by atoms with Crippen molar-refractivity contribution >= 4 is 23.2 Å². The number of carbonyl (C=O) groups is 2. The summed E-state index contributed by atoms with van der Waals surface area (Å²) in [4.78, 5) is 34.1. The third-order valence-electron chi connectivity index (χ3n) is 5.68. The average Bonchev–Trinajstić information content (AvgIpc) is 3.45. The largest absolute Gasteiger partial charge is 0.347 e. The van der Waals surface area contributed by atoms with Crippen LogP contribution in [0.4, 0.5) is 0 Å². The van der Waals surface area contributed by atoms with Gasteiger partial charge >= 0.3 is 0 Å². The predicted molar refractivity (Wildman–Crippen MR) is 109 cm³/mol. The van der Waals surface area contributed by atoms with E-state index in [-0.39, 0.29) is 24.3 Å². The minimum absolute atomic E-state index is 0.00780. The minimum atomic E-state index is -0.00780. The van der Waals surface area contributed by atoms with Crippen LogP contribution in [0.15, 0.2) is 22.0 Å². The molecule has 0 spiro atoms. The number of nitrogens with one attached hydrogen (secondary N) is 1. The second-order valence-corrected chi connectivity index (χ2v) is 8.65. The lowest BCUT2D eigenvalue weighted by atomic mass is 9.89. The lowest BCUT2D eigenvalue weighted by Crippen LogP contribution is -2.51. The van der Waals surface area contributed by atoms with Gasteiger partial charge in [-0.2, -0.15) is 4.98 Å². The van der Waals surface area contributed by atoms with Gasteiger partial charge in [-0.15, -0.1) is 11.3 Å². The first-order valence-corrected chi connectivity index (χ1v) is 11.2. The first kappa shape index (κ1) is 20.0. The second kappa shape index (κ2) is 9.49. The van der Waals surface area contributed by atoms with Crippen LogP contribution >= 0.6 is 11.3 Å². The van der Waals surface area contributed by atoms with Gasteiger partial charge in [0.1, 0.15) is 0 Å². The normalized spacial score (nSPS) is 18.7. The number of hydrogen-bond donors (Lipinski definition) is 1. The van der Waals surface area contributed by atoms with E-state index in [0.29, 0.717) is 31.3 Å². The van der Waals surface area contributed by atoms with Gasteiger partial charge in [-0.3, -0.25) is 14.5 Å². The fourth-order valence-corrected chi connectivity index (χ4v) is 4.60. The summed E-state index contributed by atoms with van der Waals surface area (Å²) >= 11 is 1.58. The van der Waals surface area contributed by atoms with E-state index in [0.717, 1.165) is 43.6 Å². The number of thiophene rings is 1. The number of nitrogens with zero attached hydrogens (tertiary/aromatic N) is 4. The van der Waals surface area contributed by atoms with Crippen LogP contribution in [0.25, 0.3) is 10.7 Å². The molecule has 0 bridgehead atoms. The molecule has 2 aromatic rings. The first-order valence-electron chi connectivity index (χ1n) is 10.3. The van der Waals surface area contributed by atoms with Gasteiger partial charge < -0.3 is 14.7 Å². The van der Waals surface area contributed by atoms with E-state index in [2.05, 4.69) is 20.4 Å². The fraction of sp³-hybridized carbons (Fsp3) is 0.600. The van der Waals surface area contributed by atoms with Gasteiger partial charge in [0, 0.05) is 32.1 Å². The van der Waals surface area contributed by atoms with Crippen LogP contribution in [0, 0.1) is 5.92 Å². The number of hydrogen-bond acceptors (Lipinski definition) is 7. The molecule has 2 aromatic heterocycles. The SMILES string of the molecule is O=C(NCC(=O)N1CCN(Cc2nc(-c3cccs3)no2)CC1)C1CCCCC1. The van der Waals surface area contributed by atoms with E-state index in [1.807, 2.05) is 22.4 Å². The Balaban J connectivity index is 1.19. The summed E-state index contributed by atoms with van der Waals surface area (Å²) in [6.07, 6.45) is 5.34. The lowest BCUT2D eigenvalue weighted by molar-refractivity contribution is -0.135. The van der Waals surface area contributed by atoms with Gasteiger partial charge in [0.25, 0.3) is 0 Å². The quantitative estimate of drug-likeness (QED) is 0.774. The maximum atomic E-state index is 12.4. The van der Waals surface area contributed by atoms with Crippen LogP contribution in [0.5, 0.6) is 0 Å². The Kier molecular flexibility index (Phi) is 6.56. The number of rotatable bonds is 6. The molecule has 0 aromatic carbocycles. The van der Waals surface area contributed by atoms with Crippen LogP contribution < -0.4 is 5.32 Å². The van der Waals surface area contributed by atoms with Gasteiger partial charge in [-0.1, -0.05) is 30.5 Å². The molecule has 1 aliphatic heterocycles. The number of carbonyl (C=O) groups excluding carboxylic acids is 2. The average molecular weight is 418 g/mol. The summed E-state index contributed by atoms with van der Waals surface area (Å²) in [5.74, 6) is 1.33. The lowest BCUT2D eigenvalue weighted by Gasteiger charge is -2.34. The van der Waals surface area contributed by atoms with Crippen LogP contribution in [-0.4, -0.2) is 64.5 Å². The molecule has 1 saturated heterocycles. The summed E-state index contributed by atoms with van der Waals surface area (Å²) in [6.45, 7) is 3.47. The van der Waals surface area contributed by atoms with Crippen molar-refractivity contribution in [3.63, 3.8) is 0 Å². The van der Waals surface area contributed by atoms with Gasteiger partial charge in [0.05, 0.1) is 18.0 Å². The molecule has 0 unspecified atom stereocenters. The summed E-state index contributed by atoms with van der Waals surface area (Å²) < 4.78 is 5.36. The zero-order chi connectivity index (χ0) is 20.1. The van der Waals surface area contributed by atoms with E-state index >= 15 is 0 Å². The van der Waals surface area contributed by atoms with Gasteiger partial charge in [0.2, 0.25) is 23.5 Å². The van der Waals surface area contributed by atoms with E-state index in [4.69, 9.17) is 4.52 Å². The molecular weight excluding hydrogens is 390 g/mol. The van der Waals surface area contributed by atoms with Crippen molar-refractivity contribution in [1.82, 2.24) is 25.3 Å². The molecule has 0 atom stereocenters. The van der Waals surface area contributed by atoms with Crippen molar-refractivity contribution in [2.75, 3.05) is 32.7 Å². The van der Waals surface area contributed by atoms with Gasteiger partial charge in [-0.25, -0.2) is 0 Å². The molecule has 1 aliphatic carbocycles. The van der Waals surface area contributed by atoms with Crippen LogP contribution in [-0.2, 0) is 16.1 Å². The molecule has 2 amide bonds. The Morgan fingerprint density at radius 1 is 1.17 bits per heavy atom. The van der Waals surface area contributed by atoms with Crippen LogP contribution in [0.2, 0.25) is 0 Å². The topological polar surface area (TPSA) is 91.6 Å². The summed E-state index contributed by atoms with van der Waals surface area (Å²) in [6, 6.07) is 3.93. The van der Waals surface area contributed by atoms with E-state index < -0.39 is 0 Å². The molecule has 4 rings (SSSR count). The second-order valence-electron chi connectivity index (χ2n) is 7.70. The Hall–Kier alpha value is -2.26. The fourth-order valence-electron chi connectivity index (χ4n) is 3.96. The molecule has 156 valence electrons. The standard InChI is InChI=1S/C20H27N5O3S/c26-18(13-21-20(27)15-5-2-1-3-6-15)25-10-8-24(9-11-25)14-17-22-19(23-28-17)16-7-4-12-29-16/h4,7,12,15H,1-3,5-6,8-11,13-14H2,(H,21,27). The maximum Gasteiger partial charge on any atom is 0.242 e. The Morgan fingerprint density at radius 2 is 1.97 bits per heavy atom. The van der Waals surface area contributed by atoms with Crippen molar-refractivity contribution in [3.8, 4) is 10.7 Å². The van der Waals surface area contributed by atoms with Crippen molar-refractivity contribution < 1.29 is 14.1 Å². The van der Waals surface area contributed by atoms with Gasteiger partial charge in [0.15, 0.2) is 0 Å². The molecule has 9 heteroatoms. The molecular formula is C20H27N5O3S. The molecule has 29 heavy (non-hydrogen) atoms. The zero-order valence-electron chi connectivity index (χ0n) is 16.5. The number of amides is 2. The zero-order valence-corrected chi connectivity index (χ0v) is 17.3. The molecule has 3 heterocycles. The highest BCUT2D eigenvalue weighted by molar-refractivity contribution is 7.13. The molecule has 8 nitrogen and oxygen atoms in total. The molecule has 2 aliphatic rings.